The molecule has 0 radical (unpaired) electrons. The van der Waals surface area contributed by atoms with E-state index < -0.39 is 0 Å². The van der Waals surface area contributed by atoms with Crippen LogP contribution in [0.1, 0.15) is 91.6 Å². The predicted octanol–water partition coefficient (Wildman–Crippen LogP) is 15.9. The van der Waals surface area contributed by atoms with Crippen LogP contribution in [0, 0.1) is 30.0 Å². The molecule has 0 aliphatic heterocycles. The molecule has 372 valence electrons. The summed E-state index contributed by atoms with van der Waals surface area (Å²) < 4.78 is 0. The zero-order chi connectivity index (χ0) is 50.7. The molecule has 7 aromatic carbocycles. The van der Waals surface area contributed by atoms with Gasteiger partial charge in [-0.25, -0.2) is 0 Å². The summed E-state index contributed by atoms with van der Waals surface area (Å²) in [4.78, 5) is 41.1. The van der Waals surface area contributed by atoms with Crippen LogP contribution in [0.15, 0.2) is 195 Å². The molecule has 3 heterocycles. The van der Waals surface area contributed by atoms with Crippen LogP contribution >= 0.6 is 0 Å². The summed E-state index contributed by atoms with van der Waals surface area (Å²) in [7, 11) is 0. The van der Waals surface area contributed by atoms with E-state index in [1.165, 1.54) is 22.3 Å². The van der Waals surface area contributed by atoms with Crippen LogP contribution in [0.25, 0.3) is 78.3 Å². The number of pyridine rings is 3. The van der Waals surface area contributed by atoms with Gasteiger partial charge in [-0.2, -0.15) is 0 Å². The quantitative estimate of drug-likeness (QED) is 0.108. The summed E-state index contributed by atoms with van der Waals surface area (Å²) in [6.07, 6.45) is 13.2. The van der Waals surface area contributed by atoms with Crippen molar-refractivity contribution in [2.45, 2.75) is 63.2 Å². The van der Waals surface area contributed by atoms with Crippen molar-refractivity contribution in [3.8, 4) is 78.3 Å². The SMILES string of the molecule is O=C1c2cc(-c3ccc(CCc4cc(CCc5ccc(-c6[c-]cc7c(c6)C(=O)C6CC7C6)nc5)cc(-c5ccccc5-c5cnc(-c6[c-]cccc6)cc5-c5ccc(-c6ccccc6)cc5)c4)cn3)[c-]cc2C2CC1C2.[Ir+3]. The standard InChI is InChI=1S/C71H52N3O2.Ir/c75-70-57-34-55(35-57)60-27-25-52(38-64(60)70)67-29-19-44(41-72-67)15-17-46-31-47(18-16-45-20-30-68(73-42-45)53-26-28-61-56-36-58(37-56)71(76)65(61)39-53)33-54(32-46)59-13-7-8-14-62(59)66-43-74-69(51-11-5-2-6-12-51)40-63(66)50-23-21-49(22-24-50)48-9-3-1-4-10-48;/h1-11,13-14,19-24,27-33,38-43,55-58H,15-18,34-37H2;/q-3;+3. The monoisotopic (exact) mass is 1170 g/mol. The van der Waals surface area contributed by atoms with Crippen LogP contribution in [0.2, 0.25) is 0 Å². The van der Waals surface area contributed by atoms with Crippen molar-refractivity contribution in [3.63, 3.8) is 0 Å². The summed E-state index contributed by atoms with van der Waals surface area (Å²) >= 11 is 0. The zero-order valence-corrected chi connectivity index (χ0v) is 44.8. The first-order valence-corrected chi connectivity index (χ1v) is 26.9. The minimum Gasteiger partial charge on any atom is -0.304 e. The molecule has 0 atom stereocenters. The van der Waals surface area contributed by atoms with E-state index in [1.807, 2.05) is 61.1 Å². The summed E-state index contributed by atoms with van der Waals surface area (Å²) in [6, 6.07) is 72.4. The first-order valence-electron chi connectivity index (χ1n) is 26.9. The number of nitrogens with zero attached hydrogens (tertiary/aromatic N) is 3. The number of aryl methyl sites for hydroxylation is 4. The molecule has 0 amide bonds. The molecule has 0 saturated heterocycles. The second-order valence-corrected chi connectivity index (χ2v) is 21.4. The Morgan fingerprint density at radius 2 is 0.883 bits per heavy atom. The molecule has 0 spiro atoms. The van der Waals surface area contributed by atoms with Crippen LogP contribution in [-0.4, -0.2) is 26.5 Å². The van der Waals surface area contributed by atoms with Crippen LogP contribution in [0.5, 0.6) is 0 Å². The smallest absolute Gasteiger partial charge is 0.304 e. The largest absolute Gasteiger partial charge is 3.00 e. The maximum absolute atomic E-state index is 13.1. The van der Waals surface area contributed by atoms with E-state index >= 15 is 0 Å². The number of hydrogen-bond acceptors (Lipinski definition) is 5. The van der Waals surface area contributed by atoms with E-state index in [4.69, 9.17) is 15.0 Å². The number of carbonyl (C=O) groups is 2. The van der Waals surface area contributed by atoms with Crippen molar-refractivity contribution in [1.82, 2.24) is 15.0 Å². The van der Waals surface area contributed by atoms with E-state index in [0.29, 0.717) is 11.8 Å². The van der Waals surface area contributed by atoms with Crippen molar-refractivity contribution in [1.29, 1.82) is 0 Å². The first-order chi connectivity index (χ1) is 37.4. The molecular weight excluding hydrogens is 1120 g/mol. The number of ketones is 2. The predicted molar refractivity (Wildman–Crippen MR) is 302 cm³/mol. The molecule has 2 fully saturated rings. The molecule has 3 aromatic heterocycles. The minimum atomic E-state index is 0. The molecule has 0 N–H and O–H groups in total. The Balaban J connectivity index is 0.00000566. The molecule has 2 saturated carbocycles. The minimum absolute atomic E-state index is 0. The number of rotatable bonds is 13. The normalized spacial score (nSPS) is 17.6. The van der Waals surface area contributed by atoms with Gasteiger partial charge in [-0.15, -0.1) is 94.5 Å². The first kappa shape index (κ1) is 48.6. The number of hydrogen-bond donors (Lipinski definition) is 0. The number of aromatic nitrogens is 3. The second kappa shape index (κ2) is 20.5. The molecule has 6 heteroatoms. The van der Waals surface area contributed by atoms with Gasteiger partial charge in [-0.1, -0.05) is 139 Å². The zero-order valence-electron chi connectivity index (χ0n) is 42.4. The van der Waals surface area contributed by atoms with Gasteiger partial charge in [0.2, 0.25) is 0 Å². The molecule has 4 bridgehead atoms. The van der Waals surface area contributed by atoms with Gasteiger partial charge in [0.15, 0.2) is 0 Å². The van der Waals surface area contributed by atoms with Gasteiger partial charge in [0.1, 0.15) is 11.6 Å². The van der Waals surface area contributed by atoms with Gasteiger partial charge in [0.25, 0.3) is 0 Å². The van der Waals surface area contributed by atoms with Gasteiger partial charge in [0, 0.05) is 36.0 Å². The van der Waals surface area contributed by atoms with Gasteiger partial charge in [-0.05, 0) is 141 Å². The fourth-order valence-electron chi connectivity index (χ4n) is 12.3. The van der Waals surface area contributed by atoms with Crippen molar-refractivity contribution >= 4 is 11.6 Å². The van der Waals surface area contributed by atoms with E-state index in [1.54, 1.807) is 0 Å². The van der Waals surface area contributed by atoms with Gasteiger partial charge in [0.05, 0.1) is 0 Å². The Labute approximate surface area is 463 Å². The van der Waals surface area contributed by atoms with Gasteiger partial charge >= 0.3 is 20.1 Å². The van der Waals surface area contributed by atoms with Crippen LogP contribution in [0.3, 0.4) is 0 Å². The number of carbonyl (C=O) groups excluding carboxylic acids is 2. The van der Waals surface area contributed by atoms with Crippen LogP contribution in [-0.2, 0) is 45.8 Å². The van der Waals surface area contributed by atoms with Crippen molar-refractivity contribution in [2.75, 3.05) is 0 Å². The maximum atomic E-state index is 13.1. The molecule has 6 aliphatic rings. The molecule has 16 rings (SSSR count). The van der Waals surface area contributed by atoms with Crippen LogP contribution < -0.4 is 0 Å². The van der Waals surface area contributed by atoms with Gasteiger partial charge in [-0.3, -0.25) is 9.59 Å². The average molecular weight is 1170 g/mol. The third-order valence-corrected chi connectivity index (χ3v) is 16.8. The van der Waals surface area contributed by atoms with Crippen LogP contribution in [0.4, 0.5) is 0 Å². The fraction of sp³-hybridized carbons (Fsp3) is 0.169. The topological polar surface area (TPSA) is 72.8 Å². The van der Waals surface area contributed by atoms with Crippen molar-refractivity contribution in [2.24, 2.45) is 11.8 Å². The van der Waals surface area contributed by atoms with Gasteiger partial charge < -0.3 is 15.0 Å². The Morgan fingerprint density at radius 1 is 0.364 bits per heavy atom. The third-order valence-electron chi connectivity index (χ3n) is 16.8. The molecule has 6 aliphatic carbocycles. The second-order valence-electron chi connectivity index (χ2n) is 21.4. The summed E-state index contributed by atoms with van der Waals surface area (Å²) in [5, 5.41) is 0. The summed E-state index contributed by atoms with van der Waals surface area (Å²) in [6.45, 7) is 0. The van der Waals surface area contributed by atoms with E-state index in [0.717, 1.165) is 152 Å². The Hall–Kier alpha value is -8.02. The molecular formula is C71H52IrN3O2. The van der Waals surface area contributed by atoms with E-state index in [2.05, 4.69) is 152 Å². The maximum Gasteiger partial charge on any atom is 3.00 e. The Morgan fingerprint density at radius 3 is 1.44 bits per heavy atom. The number of benzene rings is 7. The Kier molecular flexibility index (Phi) is 12.9. The number of Topliss-reactive ketones (excluding diaryl/α,β-unsaturated/α-hetero) is 2. The average Bonchev–Trinajstić information content (AvgIpc) is 3.48. The van der Waals surface area contributed by atoms with E-state index in [9.17, 15) is 9.59 Å². The fourth-order valence-corrected chi connectivity index (χ4v) is 12.3. The molecule has 0 unspecified atom stereocenters. The molecule has 5 nitrogen and oxygen atoms in total. The Bertz CT molecular complexity index is 3720. The van der Waals surface area contributed by atoms with Crippen molar-refractivity contribution < 1.29 is 29.7 Å². The van der Waals surface area contributed by atoms with E-state index in [-0.39, 0.29) is 43.5 Å². The summed E-state index contributed by atoms with van der Waals surface area (Å²) in [5.41, 5.74) is 23.1. The summed E-state index contributed by atoms with van der Waals surface area (Å²) in [5.74, 6) is 1.94. The third kappa shape index (κ3) is 9.34. The van der Waals surface area contributed by atoms with Crippen molar-refractivity contribution in [3.05, 3.63) is 257 Å². The molecule has 10 aromatic rings. The molecule has 77 heavy (non-hydrogen) atoms.